The first kappa shape index (κ1) is 13.8. The average Bonchev–Trinajstić information content (AvgIpc) is 2.47. The minimum Gasteiger partial charge on any atom is -0.493 e. The molecule has 3 heteroatoms. The van der Waals surface area contributed by atoms with Gasteiger partial charge in [0.05, 0.1) is 14.2 Å². The zero-order chi connectivity index (χ0) is 13.9. The van der Waals surface area contributed by atoms with Gasteiger partial charge in [-0.2, -0.15) is 0 Å². The molecule has 2 aliphatic heterocycles. The second-order valence-corrected chi connectivity index (χ2v) is 6.44. The van der Waals surface area contributed by atoms with Gasteiger partial charge in [0, 0.05) is 0 Å². The van der Waals surface area contributed by atoms with Gasteiger partial charge in [-0.1, -0.05) is 61.8 Å². The summed E-state index contributed by atoms with van der Waals surface area (Å²) >= 11 is 0. The van der Waals surface area contributed by atoms with Crippen molar-refractivity contribution < 1.29 is 9.47 Å². The molecule has 2 fully saturated rings. The van der Waals surface area contributed by atoms with Gasteiger partial charge in [-0.05, 0) is 18.5 Å². The molecule has 2 aliphatic rings. The summed E-state index contributed by atoms with van der Waals surface area (Å²) in [7, 11) is 3.42. The van der Waals surface area contributed by atoms with Crippen LogP contribution in [-0.4, -0.2) is 20.9 Å². The van der Waals surface area contributed by atoms with E-state index in [9.17, 15) is 0 Å². The minimum absolute atomic E-state index is 0.833. The molecular formula is C17H25BO2. The van der Waals surface area contributed by atoms with E-state index in [-0.39, 0.29) is 0 Å². The third kappa shape index (κ3) is 2.68. The Labute approximate surface area is 122 Å². The van der Waals surface area contributed by atoms with Crippen LogP contribution in [0.15, 0.2) is 18.2 Å². The Balaban J connectivity index is 1.77. The van der Waals surface area contributed by atoms with Gasteiger partial charge in [0.2, 0.25) is 0 Å². The highest BCUT2D eigenvalue weighted by atomic mass is 16.5. The molecule has 0 amide bonds. The SMILES string of the molecule is COc1ccc(CB2C3CCCC2CCC3)cc1OC. The van der Waals surface area contributed by atoms with Crippen molar-refractivity contribution in [2.45, 2.75) is 56.5 Å². The van der Waals surface area contributed by atoms with Crippen LogP contribution in [0.4, 0.5) is 0 Å². The van der Waals surface area contributed by atoms with E-state index < -0.39 is 0 Å². The summed E-state index contributed by atoms with van der Waals surface area (Å²) in [6.45, 7) is 0.899. The molecule has 0 radical (unpaired) electrons. The van der Waals surface area contributed by atoms with E-state index >= 15 is 0 Å². The van der Waals surface area contributed by atoms with Crippen molar-refractivity contribution in [2.24, 2.45) is 0 Å². The first-order valence-corrected chi connectivity index (χ1v) is 8.02. The summed E-state index contributed by atoms with van der Waals surface area (Å²) in [5.41, 5.74) is 1.41. The molecule has 108 valence electrons. The molecule has 0 unspecified atom stereocenters. The summed E-state index contributed by atoms with van der Waals surface area (Å²) in [4.78, 5) is 0. The number of methoxy groups -OCH3 is 2. The molecule has 0 aliphatic carbocycles. The van der Waals surface area contributed by atoms with Gasteiger partial charge in [-0.25, -0.2) is 0 Å². The van der Waals surface area contributed by atoms with Gasteiger partial charge in [-0.3, -0.25) is 0 Å². The fraction of sp³-hybridized carbons (Fsp3) is 0.647. The fourth-order valence-electron chi connectivity index (χ4n) is 4.43. The molecule has 0 spiro atoms. The third-order valence-electron chi connectivity index (χ3n) is 5.43. The summed E-state index contributed by atoms with van der Waals surface area (Å²) < 4.78 is 10.8. The Hall–Kier alpha value is -1.12. The minimum atomic E-state index is 0.833. The zero-order valence-corrected chi connectivity index (χ0v) is 12.7. The molecule has 1 aromatic carbocycles. The summed E-state index contributed by atoms with van der Waals surface area (Å²) in [5.74, 6) is 3.64. The van der Waals surface area contributed by atoms with E-state index in [4.69, 9.17) is 9.47 Å². The monoisotopic (exact) mass is 272 g/mol. The maximum absolute atomic E-state index is 5.44. The molecule has 20 heavy (non-hydrogen) atoms. The van der Waals surface area contributed by atoms with E-state index in [1.54, 1.807) is 14.2 Å². The second-order valence-electron chi connectivity index (χ2n) is 6.44. The topological polar surface area (TPSA) is 18.5 Å². The normalized spacial score (nSPS) is 25.4. The maximum atomic E-state index is 5.44. The molecule has 0 atom stereocenters. The van der Waals surface area contributed by atoms with Gasteiger partial charge in [0.15, 0.2) is 18.2 Å². The predicted octanol–water partition coefficient (Wildman–Crippen LogP) is 4.39. The van der Waals surface area contributed by atoms with Gasteiger partial charge in [0.1, 0.15) is 0 Å². The van der Waals surface area contributed by atoms with E-state index in [1.807, 2.05) is 6.07 Å². The van der Waals surface area contributed by atoms with Crippen LogP contribution >= 0.6 is 0 Å². The Kier molecular flexibility index (Phi) is 4.23. The second kappa shape index (κ2) is 6.11. The molecule has 0 N–H and O–H groups in total. The lowest BCUT2D eigenvalue weighted by molar-refractivity contribution is 0.354. The molecule has 0 saturated carbocycles. The van der Waals surface area contributed by atoms with Crippen molar-refractivity contribution in [3.63, 3.8) is 0 Å². The Morgan fingerprint density at radius 3 is 2.10 bits per heavy atom. The van der Waals surface area contributed by atoms with Crippen molar-refractivity contribution in [1.29, 1.82) is 0 Å². The third-order valence-corrected chi connectivity index (χ3v) is 5.43. The van der Waals surface area contributed by atoms with Crippen LogP contribution in [0.3, 0.4) is 0 Å². The standard InChI is InChI=1S/C17H25BO2/c1-19-16-10-9-13(11-17(16)20-2)12-18-14-5-3-6-15(18)8-4-7-14/h9-11,14-15H,3-8,12H2,1-2H3. The number of hydrogen-bond donors (Lipinski definition) is 0. The molecular weight excluding hydrogens is 247 g/mol. The summed E-state index contributed by atoms with van der Waals surface area (Å²) in [6.07, 6.45) is 9.94. The van der Waals surface area contributed by atoms with E-state index in [0.29, 0.717) is 0 Å². The number of hydrogen-bond acceptors (Lipinski definition) is 2. The predicted molar refractivity (Wildman–Crippen MR) is 84.2 cm³/mol. The summed E-state index contributed by atoms with van der Waals surface area (Å²) in [6, 6.07) is 6.43. The zero-order valence-electron chi connectivity index (χ0n) is 12.7. The van der Waals surface area contributed by atoms with Gasteiger partial charge in [0.25, 0.3) is 0 Å². The summed E-state index contributed by atoms with van der Waals surface area (Å²) in [5, 5.41) is 0. The van der Waals surface area contributed by atoms with Gasteiger partial charge < -0.3 is 9.47 Å². The molecule has 0 aromatic heterocycles. The first-order valence-electron chi connectivity index (χ1n) is 8.02. The van der Waals surface area contributed by atoms with Crippen LogP contribution in [0.5, 0.6) is 11.5 Å². The smallest absolute Gasteiger partial charge is 0.160 e. The largest absolute Gasteiger partial charge is 0.493 e. The van der Waals surface area contributed by atoms with Crippen LogP contribution in [0.25, 0.3) is 0 Å². The molecule has 2 saturated heterocycles. The molecule has 2 nitrogen and oxygen atoms in total. The van der Waals surface area contributed by atoms with Crippen LogP contribution in [0.1, 0.15) is 44.1 Å². The van der Waals surface area contributed by atoms with Crippen molar-refractivity contribution in [2.75, 3.05) is 14.2 Å². The van der Waals surface area contributed by atoms with Crippen LogP contribution in [0, 0.1) is 0 Å². The van der Waals surface area contributed by atoms with Gasteiger partial charge >= 0.3 is 0 Å². The molecule has 1 aromatic rings. The number of benzene rings is 1. The lowest BCUT2D eigenvalue weighted by Gasteiger charge is -2.40. The van der Waals surface area contributed by atoms with Crippen LogP contribution < -0.4 is 9.47 Å². The van der Waals surface area contributed by atoms with Crippen LogP contribution in [0.2, 0.25) is 11.6 Å². The van der Waals surface area contributed by atoms with Crippen LogP contribution in [-0.2, 0) is 6.32 Å². The van der Waals surface area contributed by atoms with Crippen molar-refractivity contribution in [3.05, 3.63) is 23.8 Å². The molecule has 3 rings (SSSR count). The van der Waals surface area contributed by atoms with E-state index in [2.05, 4.69) is 12.1 Å². The van der Waals surface area contributed by atoms with Crippen molar-refractivity contribution in [3.8, 4) is 11.5 Å². The molecule has 2 heterocycles. The number of rotatable bonds is 4. The highest BCUT2D eigenvalue weighted by molar-refractivity contribution is 6.62. The maximum Gasteiger partial charge on any atom is 0.160 e. The Morgan fingerprint density at radius 2 is 1.55 bits per heavy atom. The van der Waals surface area contributed by atoms with Gasteiger partial charge in [-0.15, -0.1) is 0 Å². The van der Waals surface area contributed by atoms with Crippen molar-refractivity contribution in [1.82, 2.24) is 0 Å². The molecule has 2 bridgehead atoms. The lowest BCUT2D eigenvalue weighted by atomic mass is 9.25. The number of fused-ring (bicyclic) bond motifs is 2. The Morgan fingerprint density at radius 1 is 0.950 bits per heavy atom. The Bertz CT molecular complexity index is 438. The highest BCUT2D eigenvalue weighted by Crippen LogP contribution is 2.47. The van der Waals surface area contributed by atoms with E-state index in [0.717, 1.165) is 29.8 Å². The average molecular weight is 272 g/mol. The number of ether oxygens (including phenoxy) is 2. The quantitative estimate of drug-likeness (QED) is 0.757. The lowest BCUT2D eigenvalue weighted by Crippen LogP contribution is -2.36. The fourth-order valence-corrected chi connectivity index (χ4v) is 4.43. The van der Waals surface area contributed by atoms with Crippen molar-refractivity contribution >= 4 is 6.71 Å². The van der Waals surface area contributed by atoms with E-state index in [1.165, 1.54) is 50.4 Å². The highest BCUT2D eigenvalue weighted by Gasteiger charge is 2.38. The first-order chi connectivity index (χ1) is 9.81.